The normalized spacial score (nSPS) is 14.2. The fourth-order valence-corrected chi connectivity index (χ4v) is 2.80. The van der Waals surface area contributed by atoms with Crippen molar-refractivity contribution in [2.24, 2.45) is 0 Å². The Morgan fingerprint density at radius 1 is 1.21 bits per heavy atom. The molecular formula is C15H13BrFIO. The van der Waals surface area contributed by atoms with E-state index in [2.05, 4.69) is 38.5 Å². The van der Waals surface area contributed by atoms with Gasteiger partial charge in [0.05, 0.1) is 5.60 Å². The van der Waals surface area contributed by atoms with E-state index in [4.69, 9.17) is 0 Å². The molecule has 4 heteroatoms. The van der Waals surface area contributed by atoms with Gasteiger partial charge in [-0.25, -0.2) is 4.39 Å². The molecule has 0 aliphatic carbocycles. The second-order valence-corrected chi connectivity index (χ2v) is 6.79. The summed E-state index contributed by atoms with van der Waals surface area (Å²) in [5, 5.41) is 10.6. The van der Waals surface area contributed by atoms with Gasteiger partial charge in [0.1, 0.15) is 5.82 Å². The van der Waals surface area contributed by atoms with Crippen molar-refractivity contribution >= 4 is 38.5 Å². The van der Waals surface area contributed by atoms with Crippen LogP contribution in [0.25, 0.3) is 0 Å². The Bertz CT molecular complexity index is 581. The van der Waals surface area contributed by atoms with Gasteiger partial charge in [-0.15, -0.1) is 0 Å². The van der Waals surface area contributed by atoms with Crippen molar-refractivity contribution in [3.63, 3.8) is 0 Å². The lowest BCUT2D eigenvalue weighted by molar-refractivity contribution is 0.0574. The van der Waals surface area contributed by atoms with E-state index in [9.17, 15) is 9.50 Å². The van der Waals surface area contributed by atoms with Crippen LogP contribution in [0.5, 0.6) is 0 Å². The van der Waals surface area contributed by atoms with Crippen LogP contribution in [0.15, 0.2) is 46.9 Å². The Morgan fingerprint density at radius 3 is 2.42 bits per heavy atom. The van der Waals surface area contributed by atoms with E-state index in [1.165, 1.54) is 12.1 Å². The minimum atomic E-state index is -0.981. The van der Waals surface area contributed by atoms with Crippen molar-refractivity contribution in [2.75, 3.05) is 0 Å². The molecule has 2 aromatic rings. The predicted octanol–water partition coefficient (Wildman–Crippen LogP) is 4.64. The molecule has 1 atom stereocenters. The number of hydrogen-bond acceptors (Lipinski definition) is 1. The first-order valence-corrected chi connectivity index (χ1v) is 7.68. The van der Waals surface area contributed by atoms with Crippen molar-refractivity contribution in [2.45, 2.75) is 18.9 Å². The van der Waals surface area contributed by atoms with Gasteiger partial charge in [0.25, 0.3) is 0 Å². The smallest absolute Gasteiger partial charge is 0.124 e. The summed E-state index contributed by atoms with van der Waals surface area (Å²) in [5.41, 5.74) is 0.749. The molecular weight excluding hydrogens is 422 g/mol. The van der Waals surface area contributed by atoms with Crippen LogP contribution in [0.1, 0.15) is 18.1 Å². The number of rotatable bonds is 3. The van der Waals surface area contributed by atoms with E-state index in [0.29, 0.717) is 10.9 Å². The van der Waals surface area contributed by atoms with Gasteiger partial charge in [-0.05, 0) is 64.9 Å². The van der Waals surface area contributed by atoms with Crippen LogP contribution in [0, 0.1) is 9.39 Å². The van der Waals surface area contributed by atoms with E-state index in [1.54, 1.807) is 13.0 Å². The first kappa shape index (κ1) is 14.9. The monoisotopic (exact) mass is 434 g/mol. The first-order valence-electron chi connectivity index (χ1n) is 5.81. The summed E-state index contributed by atoms with van der Waals surface area (Å²) >= 11 is 5.56. The van der Waals surface area contributed by atoms with Gasteiger partial charge in [-0.3, -0.25) is 0 Å². The molecule has 0 fully saturated rings. The third-order valence-corrected chi connectivity index (χ3v) is 4.47. The molecule has 1 N–H and O–H groups in total. The van der Waals surface area contributed by atoms with E-state index < -0.39 is 5.60 Å². The lowest BCUT2D eigenvalue weighted by Crippen LogP contribution is -2.24. The van der Waals surface area contributed by atoms with Gasteiger partial charge in [0, 0.05) is 14.5 Å². The molecule has 0 saturated carbocycles. The highest BCUT2D eigenvalue weighted by Gasteiger charge is 2.24. The van der Waals surface area contributed by atoms with Gasteiger partial charge in [-0.1, -0.05) is 34.1 Å². The van der Waals surface area contributed by atoms with Crippen LogP contribution in [0.4, 0.5) is 4.39 Å². The average Bonchev–Trinajstić information content (AvgIpc) is 2.33. The van der Waals surface area contributed by atoms with E-state index >= 15 is 0 Å². The molecule has 0 radical (unpaired) electrons. The van der Waals surface area contributed by atoms with Crippen LogP contribution in [-0.4, -0.2) is 5.11 Å². The lowest BCUT2D eigenvalue weighted by Gasteiger charge is -2.24. The zero-order chi connectivity index (χ0) is 14.0. The Kier molecular flexibility index (Phi) is 4.63. The Morgan fingerprint density at radius 2 is 1.84 bits per heavy atom. The highest BCUT2D eigenvalue weighted by Crippen LogP contribution is 2.29. The standard InChI is InChI=1S/C15H13BrFIO/c1-15(19,11-3-6-13(18)7-4-11)9-10-2-5-12(17)8-14(10)16/h2-8,19H,9H2,1H3. The van der Waals surface area contributed by atoms with Crippen LogP contribution < -0.4 is 0 Å². The topological polar surface area (TPSA) is 20.2 Å². The van der Waals surface area contributed by atoms with Crippen LogP contribution >= 0.6 is 38.5 Å². The zero-order valence-corrected chi connectivity index (χ0v) is 14.1. The molecule has 1 nitrogen and oxygen atoms in total. The summed E-state index contributed by atoms with van der Waals surface area (Å²) in [6.45, 7) is 1.77. The summed E-state index contributed by atoms with van der Waals surface area (Å²) in [4.78, 5) is 0. The molecule has 0 bridgehead atoms. The van der Waals surface area contributed by atoms with Gasteiger partial charge in [0.15, 0.2) is 0 Å². The average molecular weight is 435 g/mol. The Balaban J connectivity index is 2.27. The molecule has 0 heterocycles. The molecule has 0 saturated heterocycles. The fraction of sp³-hybridized carbons (Fsp3) is 0.200. The van der Waals surface area contributed by atoms with Crippen molar-refractivity contribution in [1.29, 1.82) is 0 Å². The zero-order valence-electron chi connectivity index (χ0n) is 10.3. The molecule has 0 aliphatic heterocycles. The number of halogens is 3. The quantitative estimate of drug-likeness (QED) is 0.697. The Hall–Kier alpha value is -0.460. The second kappa shape index (κ2) is 5.89. The molecule has 2 rings (SSSR count). The van der Waals surface area contributed by atoms with E-state index in [0.717, 1.165) is 14.7 Å². The SMILES string of the molecule is CC(O)(Cc1ccc(F)cc1Br)c1ccc(I)cc1. The third-order valence-electron chi connectivity index (χ3n) is 3.02. The first-order chi connectivity index (χ1) is 8.88. The maximum atomic E-state index is 13.1. The number of hydrogen-bond donors (Lipinski definition) is 1. The largest absolute Gasteiger partial charge is 0.385 e. The highest BCUT2D eigenvalue weighted by molar-refractivity contribution is 14.1. The van der Waals surface area contributed by atoms with Crippen molar-refractivity contribution in [3.8, 4) is 0 Å². The van der Waals surface area contributed by atoms with E-state index in [1.807, 2.05) is 24.3 Å². The molecule has 0 amide bonds. The van der Waals surface area contributed by atoms with Gasteiger partial charge >= 0.3 is 0 Å². The lowest BCUT2D eigenvalue weighted by atomic mass is 9.89. The molecule has 0 spiro atoms. The summed E-state index contributed by atoms with van der Waals surface area (Å²) in [6.07, 6.45) is 0.425. The Labute approximate surface area is 134 Å². The van der Waals surface area contributed by atoms with Crippen molar-refractivity contribution in [3.05, 3.63) is 67.5 Å². The van der Waals surface area contributed by atoms with E-state index in [-0.39, 0.29) is 5.82 Å². The summed E-state index contributed by atoms with van der Waals surface area (Å²) in [6, 6.07) is 12.3. The molecule has 0 aromatic heterocycles. The maximum Gasteiger partial charge on any atom is 0.124 e. The maximum absolute atomic E-state index is 13.1. The van der Waals surface area contributed by atoms with Crippen LogP contribution in [-0.2, 0) is 12.0 Å². The third kappa shape index (κ3) is 3.77. The summed E-state index contributed by atoms with van der Waals surface area (Å²) < 4.78 is 14.9. The molecule has 1 unspecified atom stereocenters. The van der Waals surface area contributed by atoms with Crippen molar-refractivity contribution in [1.82, 2.24) is 0 Å². The number of aliphatic hydroxyl groups is 1. The molecule has 2 aromatic carbocycles. The van der Waals surface area contributed by atoms with Crippen LogP contribution in [0.2, 0.25) is 0 Å². The minimum Gasteiger partial charge on any atom is -0.385 e. The fourth-order valence-electron chi connectivity index (χ4n) is 1.95. The highest BCUT2D eigenvalue weighted by atomic mass is 127. The predicted molar refractivity (Wildman–Crippen MR) is 86.5 cm³/mol. The summed E-state index contributed by atoms with van der Waals surface area (Å²) in [7, 11) is 0. The van der Waals surface area contributed by atoms with Crippen molar-refractivity contribution < 1.29 is 9.50 Å². The number of benzene rings is 2. The molecule has 19 heavy (non-hydrogen) atoms. The molecule has 100 valence electrons. The minimum absolute atomic E-state index is 0.287. The summed E-state index contributed by atoms with van der Waals surface area (Å²) in [5.74, 6) is -0.287. The van der Waals surface area contributed by atoms with Gasteiger partial charge in [-0.2, -0.15) is 0 Å². The van der Waals surface area contributed by atoms with Gasteiger partial charge in [0.2, 0.25) is 0 Å². The second-order valence-electron chi connectivity index (χ2n) is 4.69. The molecule has 0 aliphatic rings. The van der Waals surface area contributed by atoms with Crippen LogP contribution in [0.3, 0.4) is 0 Å². The van der Waals surface area contributed by atoms with Gasteiger partial charge < -0.3 is 5.11 Å².